The lowest BCUT2D eigenvalue weighted by Crippen LogP contribution is -2.29. The molecule has 1 aromatic heterocycles. The lowest BCUT2D eigenvalue weighted by molar-refractivity contribution is -0.164. The van der Waals surface area contributed by atoms with Gasteiger partial charge in [0.1, 0.15) is 0 Å². The first-order chi connectivity index (χ1) is 15.4. The SMILES string of the molecule is COC(=O)C(OC(C)(C)C)c1c(C)nc(-c2ccc(C)c(C)c2)c(C)c1-c1ccc(Cl)cc1. The van der Waals surface area contributed by atoms with Crippen LogP contribution in [-0.2, 0) is 14.3 Å². The summed E-state index contributed by atoms with van der Waals surface area (Å²) in [6.07, 6.45) is -0.916. The second kappa shape index (κ2) is 9.66. The molecule has 33 heavy (non-hydrogen) atoms. The highest BCUT2D eigenvalue weighted by Crippen LogP contribution is 2.41. The van der Waals surface area contributed by atoms with Crippen LogP contribution < -0.4 is 0 Å². The first-order valence-corrected chi connectivity index (χ1v) is 11.4. The smallest absolute Gasteiger partial charge is 0.339 e. The van der Waals surface area contributed by atoms with Crippen LogP contribution in [0.4, 0.5) is 0 Å². The molecule has 0 bridgehead atoms. The summed E-state index contributed by atoms with van der Waals surface area (Å²) in [4.78, 5) is 17.9. The summed E-state index contributed by atoms with van der Waals surface area (Å²) >= 11 is 6.18. The quantitative estimate of drug-likeness (QED) is 0.370. The standard InChI is InChI=1S/C28H32ClNO3/c1-16-9-10-21(15-17(16)2)25-18(3)23(20-11-13-22(29)14-12-20)24(19(4)30-25)26(27(31)32-8)33-28(5,6)7/h9-15,26H,1-8H3. The number of nitrogens with zero attached hydrogens (tertiary/aromatic N) is 1. The van der Waals surface area contributed by atoms with Gasteiger partial charge in [0, 0.05) is 21.8 Å². The number of hydrogen-bond acceptors (Lipinski definition) is 4. The Labute approximate surface area is 201 Å². The van der Waals surface area contributed by atoms with Crippen molar-refractivity contribution in [3.05, 3.63) is 75.4 Å². The maximum atomic E-state index is 12.9. The summed E-state index contributed by atoms with van der Waals surface area (Å²) in [5.41, 5.74) is 8.02. The van der Waals surface area contributed by atoms with Crippen LogP contribution in [0.2, 0.25) is 5.02 Å². The Morgan fingerprint density at radius 3 is 2.09 bits per heavy atom. The van der Waals surface area contributed by atoms with Crippen molar-refractivity contribution in [3.63, 3.8) is 0 Å². The van der Waals surface area contributed by atoms with E-state index in [4.69, 9.17) is 26.1 Å². The van der Waals surface area contributed by atoms with Crippen molar-refractivity contribution < 1.29 is 14.3 Å². The van der Waals surface area contributed by atoms with Crippen molar-refractivity contribution in [2.24, 2.45) is 0 Å². The summed E-state index contributed by atoms with van der Waals surface area (Å²) < 4.78 is 11.4. The molecule has 0 aliphatic rings. The van der Waals surface area contributed by atoms with E-state index in [9.17, 15) is 4.79 Å². The summed E-state index contributed by atoms with van der Waals surface area (Å²) in [5, 5.41) is 0.647. The van der Waals surface area contributed by atoms with Crippen molar-refractivity contribution in [2.75, 3.05) is 7.11 Å². The van der Waals surface area contributed by atoms with E-state index in [0.29, 0.717) is 10.6 Å². The molecule has 0 fully saturated rings. The zero-order valence-electron chi connectivity index (χ0n) is 20.7. The van der Waals surface area contributed by atoms with E-state index in [1.165, 1.54) is 18.2 Å². The summed E-state index contributed by atoms with van der Waals surface area (Å²) in [6.45, 7) is 13.9. The molecule has 174 valence electrons. The van der Waals surface area contributed by atoms with Crippen LogP contribution in [-0.4, -0.2) is 23.7 Å². The van der Waals surface area contributed by atoms with Crippen LogP contribution in [0.5, 0.6) is 0 Å². The summed E-state index contributed by atoms with van der Waals surface area (Å²) in [6, 6.07) is 14.0. The Hall–Kier alpha value is -2.69. The van der Waals surface area contributed by atoms with Gasteiger partial charge in [0.2, 0.25) is 0 Å². The first kappa shape index (κ1) is 24.9. The Morgan fingerprint density at radius 2 is 1.55 bits per heavy atom. The molecule has 0 saturated heterocycles. The average Bonchev–Trinajstić information content (AvgIpc) is 2.75. The number of methoxy groups -OCH3 is 1. The van der Waals surface area contributed by atoms with Gasteiger partial charge in [-0.2, -0.15) is 0 Å². The summed E-state index contributed by atoms with van der Waals surface area (Å²) in [5.74, 6) is -0.455. The van der Waals surface area contributed by atoms with Crippen LogP contribution in [0.15, 0.2) is 42.5 Å². The molecule has 2 aromatic carbocycles. The highest BCUT2D eigenvalue weighted by atomic mass is 35.5. The Balaban J connectivity index is 2.37. The maximum Gasteiger partial charge on any atom is 0.339 e. The molecule has 1 unspecified atom stereocenters. The predicted molar refractivity (Wildman–Crippen MR) is 135 cm³/mol. The molecule has 0 aliphatic heterocycles. The van der Waals surface area contributed by atoms with Gasteiger partial charge in [-0.3, -0.25) is 4.98 Å². The number of esters is 1. The number of ether oxygens (including phenoxy) is 2. The van der Waals surface area contributed by atoms with Crippen LogP contribution in [0.25, 0.3) is 22.4 Å². The van der Waals surface area contributed by atoms with E-state index < -0.39 is 17.7 Å². The molecule has 0 aliphatic carbocycles. The topological polar surface area (TPSA) is 48.4 Å². The van der Waals surface area contributed by atoms with Gasteiger partial charge in [-0.25, -0.2) is 4.79 Å². The third-order valence-corrected chi connectivity index (χ3v) is 5.98. The number of halogens is 1. The molecule has 1 atom stereocenters. The normalized spacial score (nSPS) is 12.5. The molecule has 3 rings (SSSR count). The van der Waals surface area contributed by atoms with Crippen molar-refractivity contribution in [3.8, 4) is 22.4 Å². The number of pyridine rings is 1. The summed E-state index contributed by atoms with van der Waals surface area (Å²) in [7, 11) is 1.38. The van der Waals surface area contributed by atoms with Crippen molar-refractivity contribution >= 4 is 17.6 Å². The molecule has 0 amide bonds. The Kier molecular flexibility index (Phi) is 7.30. The minimum Gasteiger partial charge on any atom is -0.467 e. The van der Waals surface area contributed by atoms with Gasteiger partial charge in [-0.05, 0) is 94.5 Å². The fourth-order valence-corrected chi connectivity index (χ4v) is 4.10. The Morgan fingerprint density at radius 1 is 0.939 bits per heavy atom. The maximum absolute atomic E-state index is 12.9. The van der Waals surface area contributed by atoms with Gasteiger partial charge < -0.3 is 9.47 Å². The molecular weight excluding hydrogens is 434 g/mol. The highest BCUT2D eigenvalue weighted by molar-refractivity contribution is 6.30. The molecule has 5 heteroatoms. The number of carbonyl (C=O) groups is 1. The number of carbonyl (C=O) groups excluding carboxylic acids is 1. The number of rotatable bonds is 5. The van der Waals surface area contributed by atoms with Crippen LogP contribution in [0.1, 0.15) is 54.8 Å². The molecule has 1 heterocycles. The number of aryl methyl sites for hydroxylation is 3. The molecule has 0 saturated carbocycles. The van der Waals surface area contributed by atoms with Crippen molar-refractivity contribution in [1.82, 2.24) is 4.98 Å². The van der Waals surface area contributed by atoms with Crippen LogP contribution in [0, 0.1) is 27.7 Å². The third kappa shape index (κ3) is 5.45. The van der Waals surface area contributed by atoms with E-state index in [1.54, 1.807) is 0 Å². The zero-order chi connectivity index (χ0) is 24.5. The predicted octanol–water partition coefficient (Wildman–Crippen LogP) is 7.33. The molecule has 4 nitrogen and oxygen atoms in total. The Bertz CT molecular complexity index is 1180. The van der Waals surface area contributed by atoms with Gasteiger partial charge in [0.25, 0.3) is 0 Å². The van der Waals surface area contributed by atoms with Crippen molar-refractivity contribution in [1.29, 1.82) is 0 Å². The molecule has 0 radical (unpaired) electrons. The lowest BCUT2D eigenvalue weighted by atomic mass is 9.88. The van der Waals surface area contributed by atoms with Gasteiger partial charge in [-0.1, -0.05) is 35.9 Å². The third-order valence-electron chi connectivity index (χ3n) is 5.73. The fourth-order valence-electron chi connectivity index (χ4n) is 3.98. The molecular formula is C28H32ClNO3. The average molecular weight is 466 g/mol. The number of hydrogen-bond donors (Lipinski definition) is 0. The number of benzene rings is 2. The monoisotopic (exact) mass is 465 g/mol. The molecule has 0 spiro atoms. The molecule has 3 aromatic rings. The highest BCUT2D eigenvalue weighted by Gasteiger charge is 2.33. The van der Waals surface area contributed by atoms with Gasteiger partial charge >= 0.3 is 5.97 Å². The zero-order valence-corrected chi connectivity index (χ0v) is 21.4. The van der Waals surface area contributed by atoms with Crippen LogP contribution in [0.3, 0.4) is 0 Å². The minimum atomic E-state index is -0.916. The van der Waals surface area contributed by atoms with E-state index in [2.05, 4.69) is 32.0 Å². The van der Waals surface area contributed by atoms with E-state index in [1.807, 2.05) is 58.9 Å². The van der Waals surface area contributed by atoms with Gasteiger partial charge in [0.15, 0.2) is 6.10 Å². The largest absolute Gasteiger partial charge is 0.467 e. The van der Waals surface area contributed by atoms with Crippen molar-refractivity contribution in [2.45, 2.75) is 60.2 Å². The van der Waals surface area contributed by atoms with E-state index >= 15 is 0 Å². The van der Waals surface area contributed by atoms with Crippen LogP contribution >= 0.6 is 11.6 Å². The van der Waals surface area contributed by atoms with Gasteiger partial charge in [-0.15, -0.1) is 0 Å². The fraction of sp³-hybridized carbons (Fsp3) is 0.357. The van der Waals surface area contributed by atoms with Gasteiger partial charge in [0.05, 0.1) is 18.4 Å². The first-order valence-electron chi connectivity index (χ1n) is 11.0. The lowest BCUT2D eigenvalue weighted by Gasteiger charge is -2.29. The number of aromatic nitrogens is 1. The second-order valence-corrected chi connectivity index (χ2v) is 9.84. The van der Waals surface area contributed by atoms with E-state index in [0.717, 1.165) is 33.6 Å². The minimum absolute atomic E-state index is 0.455. The molecule has 0 N–H and O–H groups in total. The second-order valence-electron chi connectivity index (χ2n) is 9.40. The van der Waals surface area contributed by atoms with E-state index in [-0.39, 0.29) is 0 Å².